The van der Waals surface area contributed by atoms with Gasteiger partial charge in [-0.15, -0.1) is 0 Å². The maximum absolute atomic E-state index is 12.1. The van der Waals surface area contributed by atoms with Crippen LogP contribution in [0, 0.1) is 13.8 Å². The number of hydrogen-bond acceptors (Lipinski definition) is 6. The van der Waals surface area contributed by atoms with Gasteiger partial charge in [0.2, 0.25) is 10.0 Å². The van der Waals surface area contributed by atoms with Crippen LogP contribution in [0.3, 0.4) is 0 Å². The maximum Gasteiger partial charge on any atom is 0.246 e. The Balaban J connectivity index is 2.22. The third-order valence-corrected chi connectivity index (χ3v) is 4.40. The summed E-state index contributed by atoms with van der Waals surface area (Å²) in [4.78, 5) is 0.0648. The summed E-state index contributed by atoms with van der Waals surface area (Å²) >= 11 is 0. The molecule has 0 saturated carbocycles. The predicted octanol–water partition coefficient (Wildman–Crippen LogP) is 0.0856. The molecule has 0 aromatic carbocycles. The Bertz CT molecular complexity index is 681. The van der Waals surface area contributed by atoms with E-state index in [-0.39, 0.29) is 17.2 Å². The van der Waals surface area contributed by atoms with Crippen molar-refractivity contribution in [1.82, 2.24) is 19.7 Å². The van der Waals surface area contributed by atoms with E-state index >= 15 is 0 Å². The normalized spacial score (nSPS) is 11.9. The number of aryl methyl sites for hydroxylation is 3. The molecule has 2 aromatic heterocycles. The van der Waals surface area contributed by atoms with E-state index in [9.17, 15) is 8.42 Å². The van der Waals surface area contributed by atoms with Gasteiger partial charge in [0.25, 0.3) is 0 Å². The first-order valence-electron chi connectivity index (χ1n) is 5.52. The van der Waals surface area contributed by atoms with Gasteiger partial charge in [-0.25, -0.2) is 13.1 Å². The number of nitrogen functional groups attached to an aromatic ring is 1. The van der Waals surface area contributed by atoms with Crippen molar-refractivity contribution in [2.75, 3.05) is 5.73 Å². The van der Waals surface area contributed by atoms with Crippen LogP contribution in [0.15, 0.2) is 15.6 Å². The lowest BCUT2D eigenvalue weighted by Crippen LogP contribution is -2.24. The smallest absolute Gasteiger partial charge is 0.246 e. The van der Waals surface area contributed by atoms with Gasteiger partial charge in [-0.05, 0) is 13.8 Å². The molecule has 104 valence electrons. The average molecular weight is 285 g/mol. The van der Waals surface area contributed by atoms with Crippen LogP contribution in [0.4, 0.5) is 5.82 Å². The molecule has 0 radical (unpaired) electrons. The Labute approximate surface area is 110 Å². The van der Waals surface area contributed by atoms with Crippen molar-refractivity contribution in [3.8, 4) is 0 Å². The number of rotatable bonds is 4. The minimum absolute atomic E-state index is 0.0616. The maximum atomic E-state index is 12.1. The summed E-state index contributed by atoms with van der Waals surface area (Å²) in [7, 11) is -2.00. The van der Waals surface area contributed by atoms with Gasteiger partial charge < -0.3 is 10.3 Å². The van der Waals surface area contributed by atoms with E-state index in [1.165, 1.54) is 10.9 Å². The van der Waals surface area contributed by atoms with Crippen LogP contribution in [0.2, 0.25) is 0 Å². The Hall–Kier alpha value is -1.87. The van der Waals surface area contributed by atoms with Gasteiger partial charge in [0.1, 0.15) is 16.4 Å². The van der Waals surface area contributed by atoms with Gasteiger partial charge in [0, 0.05) is 19.2 Å². The highest BCUT2D eigenvalue weighted by Gasteiger charge is 2.24. The quantitative estimate of drug-likeness (QED) is 0.822. The van der Waals surface area contributed by atoms with Gasteiger partial charge in [0.05, 0.1) is 6.20 Å². The highest BCUT2D eigenvalue weighted by molar-refractivity contribution is 7.89. The number of nitrogens with one attached hydrogen (secondary N) is 1. The van der Waals surface area contributed by atoms with E-state index in [2.05, 4.69) is 15.0 Å². The Kier molecular flexibility index (Phi) is 3.33. The van der Waals surface area contributed by atoms with Gasteiger partial charge in [-0.3, -0.25) is 4.68 Å². The monoisotopic (exact) mass is 285 g/mol. The molecule has 0 atom stereocenters. The third kappa shape index (κ3) is 2.47. The first-order valence-corrected chi connectivity index (χ1v) is 7.00. The van der Waals surface area contributed by atoms with E-state index in [0.717, 1.165) is 0 Å². The zero-order valence-corrected chi connectivity index (χ0v) is 11.7. The molecule has 3 N–H and O–H groups in total. The zero-order chi connectivity index (χ0) is 14.2. The summed E-state index contributed by atoms with van der Waals surface area (Å²) in [5, 5.41) is 7.56. The van der Waals surface area contributed by atoms with Crippen molar-refractivity contribution >= 4 is 15.8 Å². The zero-order valence-electron chi connectivity index (χ0n) is 10.8. The lowest BCUT2D eigenvalue weighted by molar-refractivity contribution is 0.390. The molecule has 19 heavy (non-hydrogen) atoms. The lowest BCUT2D eigenvalue weighted by Gasteiger charge is -2.05. The number of anilines is 1. The van der Waals surface area contributed by atoms with Crippen molar-refractivity contribution in [2.45, 2.75) is 25.3 Å². The number of sulfonamides is 1. The van der Waals surface area contributed by atoms with Crippen LogP contribution >= 0.6 is 0 Å². The molecule has 8 nitrogen and oxygen atoms in total. The number of aromatic nitrogens is 3. The fraction of sp³-hybridized carbons (Fsp3) is 0.400. The molecule has 9 heteroatoms. The van der Waals surface area contributed by atoms with E-state index in [4.69, 9.17) is 10.3 Å². The summed E-state index contributed by atoms with van der Waals surface area (Å²) in [6, 6.07) is 0. The second-order valence-electron chi connectivity index (χ2n) is 4.16. The van der Waals surface area contributed by atoms with Crippen molar-refractivity contribution in [3.05, 3.63) is 23.2 Å². The Morgan fingerprint density at radius 1 is 1.47 bits per heavy atom. The van der Waals surface area contributed by atoms with Crippen molar-refractivity contribution in [1.29, 1.82) is 0 Å². The molecule has 0 aliphatic heterocycles. The fourth-order valence-corrected chi connectivity index (χ4v) is 3.06. The molecule has 0 fully saturated rings. The molecule has 0 amide bonds. The second-order valence-corrected chi connectivity index (χ2v) is 5.86. The van der Waals surface area contributed by atoms with E-state index in [0.29, 0.717) is 17.1 Å². The Morgan fingerprint density at radius 2 is 2.16 bits per heavy atom. The van der Waals surface area contributed by atoms with E-state index in [1.54, 1.807) is 20.9 Å². The molecule has 0 aliphatic carbocycles. The topological polar surface area (TPSA) is 116 Å². The fourth-order valence-electron chi connectivity index (χ4n) is 1.73. The first-order chi connectivity index (χ1) is 8.83. The second kappa shape index (κ2) is 4.67. The molecule has 0 saturated heterocycles. The lowest BCUT2D eigenvalue weighted by atomic mass is 10.3. The SMILES string of the molecule is Cc1noc(C)c1S(=O)(=O)NCc1cnn(C)c1N. The molecule has 0 spiro atoms. The summed E-state index contributed by atoms with van der Waals surface area (Å²) in [5.74, 6) is 0.672. The molecular formula is C10H15N5O3S. The van der Waals surface area contributed by atoms with Crippen LogP contribution < -0.4 is 10.5 Å². The van der Waals surface area contributed by atoms with Crippen molar-refractivity contribution in [3.63, 3.8) is 0 Å². The predicted molar refractivity (Wildman–Crippen MR) is 67.6 cm³/mol. The number of nitrogens with two attached hydrogens (primary N) is 1. The molecule has 0 unspecified atom stereocenters. The van der Waals surface area contributed by atoms with Crippen LogP contribution in [0.25, 0.3) is 0 Å². The standard InChI is InChI=1S/C10H15N5O3S/c1-6-9(7(2)18-14-6)19(16,17)13-5-8-4-12-15(3)10(8)11/h4,13H,5,11H2,1-3H3. The average Bonchev–Trinajstić information content (AvgIpc) is 2.82. The minimum Gasteiger partial charge on any atom is -0.384 e. The van der Waals surface area contributed by atoms with Gasteiger partial charge >= 0.3 is 0 Å². The summed E-state index contributed by atoms with van der Waals surface area (Å²) in [6.45, 7) is 3.18. The number of nitrogens with zero attached hydrogens (tertiary/aromatic N) is 3. The minimum atomic E-state index is -3.68. The number of hydrogen-bond donors (Lipinski definition) is 2. The van der Waals surface area contributed by atoms with E-state index < -0.39 is 10.0 Å². The molecule has 2 aromatic rings. The van der Waals surface area contributed by atoms with Crippen molar-refractivity contribution < 1.29 is 12.9 Å². The molecule has 2 rings (SSSR count). The highest BCUT2D eigenvalue weighted by Crippen LogP contribution is 2.19. The first kappa shape index (κ1) is 13.6. The summed E-state index contributed by atoms with van der Waals surface area (Å²) in [6.07, 6.45) is 1.52. The van der Waals surface area contributed by atoms with Crippen LogP contribution in [-0.2, 0) is 23.6 Å². The molecule has 0 aliphatic rings. The van der Waals surface area contributed by atoms with Crippen LogP contribution in [0.5, 0.6) is 0 Å². The summed E-state index contributed by atoms with van der Waals surface area (Å²) < 4.78 is 33.1. The van der Waals surface area contributed by atoms with Crippen LogP contribution in [-0.4, -0.2) is 23.4 Å². The molecular weight excluding hydrogens is 270 g/mol. The van der Waals surface area contributed by atoms with E-state index in [1.807, 2.05) is 0 Å². The van der Waals surface area contributed by atoms with Crippen LogP contribution in [0.1, 0.15) is 17.0 Å². The summed E-state index contributed by atoms with van der Waals surface area (Å²) in [5.41, 5.74) is 6.68. The third-order valence-electron chi connectivity index (χ3n) is 2.75. The van der Waals surface area contributed by atoms with Crippen molar-refractivity contribution in [2.24, 2.45) is 7.05 Å². The Morgan fingerprint density at radius 3 is 2.63 bits per heavy atom. The van der Waals surface area contributed by atoms with Gasteiger partial charge in [-0.1, -0.05) is 5.16 Å². The highest BCUT2D eigenvalue weighted by atomic mass is 32.2. The largest absolute Gasteiger partial charge is 0.384 e. The molecule has 0 bridgehead atoms. The molecule has 2 heterocycles. The van der Waals surface area contributed by atoms with Gasteiger partial charge in [-0.2, -0.15) is 5.10 Å². The van der Waals surface area contributed by atoms with Gasteiger partial charge in [0.15, 0.2) is 5.76 Å².